The number of nitrogens with zero attached hydrogens (tertiary/aromatic N) is 4. The minimum absolute atomic E-state index is 0.0423. The van der Waals surface area contributed by atoms with Crippen LogP contribution in [0.3, 0.4) is 0 Å². The van der Waals surface area contributed by atoms with E-state index in [1.807, 2.05) is 24.3 Å². The summed E-state index contributed by atoms with van der Waals surface area (Å²) in [5.41, 5.74) is 3.38. The number of benzene rings is 2. The fourth-order valence-electron chi connectivity index (χ4n) is 5.47. The highest BCUT2D eigenvalue weighted by Crippen LogP contribution is 2.17. The van der Waals surface area contributed by atoms with Crippen LogP contribution in [-0.4, -0.2) is 64.9 Å². The van der Waals surface area contributed by atoms with Crippen LogP contribution in [-0.2, 0) is 13.1 Å². The molecule has 2 aromatic carbocycles. The number of likely N-dealkylation sites (tertiary alicyclic amines) is 2. The summed E-state index contributed by atoms with van der Waals surface area (Å²) in [4.78, 5) is 34.9. The zero-order valence-electron chi connectivity index (χ0n) is 23.1. The number of aromatic nitrogens is 1. The number of hydrogen-bond acceptors (Lipinski definition) is 6. The molecule has 2 aliphatic heterocycles. The molecule has 2 amide bonds. The Morgan fingerprint density at radius 3 is 1.63 bits per heavy atom. The molecule has 0 aliphatic carbocycles. The molecule has 0 spiro atoms. The standard InChI is InChI=1S/C32H35FN6O2/c33-26-10-8-25(9-11-26)22-39-18-14-28(15-19-39)36-32(41)30-3-1-2-29(37-30)31(40)35-27-12-16-38(17-13-27)21-24-6-4-23(20-34)5-7-24/h1-11,27-28H,12-19,21-22H2,(H,35,40)(H,36,41). The number of carbonyl (C=O) groups excluding carboxylic acids is 2. The minimum Gasteiger partial charge on any atom is -0.348 e. The van der Waals surface area contributed by atoms with Gasteiger partial charge in [-0.25, -0.2) is 9.37 Å². The Kier molecular flexibility index (Phi) is 9.34. The maximum Gasteiger partial charge on any atom is 0.270 e. The van der Waals surface area contributed by atoms with Crippen molar-refractivity contribution in [3.8, 4) is 6.07 Å². The first kappa shape index (κ1) is 28.4. The summed E-state index contributed by atoms with van der Waals surface area (Å²) in [5.74, 6) is -0.768. The second-order valence-corrected chi connectivity index (χ2v) is 10.9. The highest BCUT2D eigenvalue weighted by Gasteiger charge is 2.24. The van der Waals surface area contributed by atoms with Crippen molar-refractivity contribution in [3.63, 3.8) is 0 Å². The molecule has 0 radical (unpaired) electrons. The number of nitrogens with one attached hydrogen (secondary N) is 2. The van der Waals surface area contributed by atoms with Crippen molar-refractivity contribution in [3.05, 3.63) is 101 Å². The van der Waals surface area contributed by atoms with Gasteiger partial charge in [-0.3, -0.25) is 19.4 Å². The number of amides is 2. The Morgan fingerprint density at radius 2 is 1.20 bits per heavy atom. The first-order chi connectivity index (χ1) is 19.9. The maximum absolute atomic E-state index is 13.2. The lowest BCUT2D eigenvalue weighted by Gasteiger charge is -2.32. The fourth-order valence-corrected chi connectivity index (χ4v) is 5.47. The predicted octanol–water partition coefficient (Wildman–Crippen LogP) is 3.88. The third-order valence-corrected chi connectivity index (χ3v) is 7.87. The molecular weight excluding hydrogens is 519 g/mol. The van der Waals surface area contributed by atoms with Gasteiger partial charge in [-0.15, -0.1) is 0 Å². The molecule has 3 heterocycles. The van der Waals surface area contributed by atoms with Gasteiger partial charge in [0.15, 0.2) is 0 Å². The summed E-state index contributed by atoms with van der Waals surface area (Å²) in [5, 5.41) is 15.1. The molecule has 0 bridgehead atoms. The van der Waals surface area contributed by atoms with E-state index in [-0.39, 0.29) is 41.1 Å². The molecule has 1 aromatic heterocycles. The SMILES string of the molecule is N#Cc1ccc(CN2CCC(NC(=O)c3cccc(C(=O)NC4CCN(Cc5ccc(F)cc5)CC4)n3)CC2)cc1. The summed E-state index contributed by atoms with van der Waals surface area (Å²) in [7, 11) is 0. The van der Waals surface area contributed by atoms with E-state index < -0.39 is 0 Å². The molecule has 5 rings (SSSR count). The molecule has 8 nitrogen and oxygen atoms in total. The predicted molar refractivity (Wildman–Crippen MR) is 153 cm³/mol. The van der Waals surface area contributed by atoms with Gasteiger partial charge in [0.25, 0.3) is 11.8 Å². The second-order valence-electron chi connectivity index (χ2n) is 10.9. The van der Waals surface area contributed by atoms with Crippen LogP contribution in [0.25, 0.3) is 0 Å². The molecule has 2 aliphatic rings. The second kappa shape index (κ2) is 13.5. The lowest BCUT2D eigenvalue weighted by atomic mass is 10.0. The van der Waals surface area contributed by atoms with Gasteiger partial charge < -0.3 is 10.6 Å². The van der Waals surface area contributed by atoms with Crippen LogP contribution in [0.1, 0.15) is 63.4 Å². The lowest BCUT2D eigenvalue weighted by molar-refractivity contribution is 0.0899. The first-order valence-electron chi connectivity index (χ1n) is 14.2. The van der Waals surface area contributed by atoms with E-state index in [0.29, 0.717) is 5.56 Å². The van der Waals surface area contributed by atoms with Crippen LogP contribution in [0.4, 0.5) is 4.39 Å². The van der Waals surface area contributed by atoms with Crippen LogP contribution < -0.4 is 10.6 Å². The van der Waals surface area contributed by atoms with Gasteiger partial charge in [0.05, 0.1) is 11.6 Å². The van der Waals surface area contributed by atoms with E-state index in [0.717, 1.165) is 70.5 Å². The highest BCUT2D eigenvalue weighted by atomic mass is 19.1. The van der Waals surface area contributed by atoms with Crippen LogP contribution in [0.2, 0.25) is 0 Å². The summed E-state index contributed by atoms with van der Waals surface area (Å²) < 4.78 is 13.2. The van der Waals surface area contributed by atoms with Gasteiger partial charge in [-0.05, 0) is 73.2 Å². The molecule has 0 unspecified atom stereocenters. The van der Waals surface area contributed by atoms with Crippen LogP contribution in [0.15, 0.2) is 66.7 Å². The summed E-state index contributed by atoms with van der Waals surface area (Å²) in [6, 6.07) is 21.4. The van der Waals surface area contributed by atoms with Crippen LogP contribution in [0.5, 0.6) is 0 Å². The monoisotopic (exact) mass is 554 g/mol. The zero-order chi connectivity index (χ0) is 28.6. The fraction of sp³-hybridized carbons (Fsp3) is 0.375. The Balaban J connectivity index is 1.05. The van der Waals surface area contributed by atoms with E-state index in [4.69, 9.17) is 5.26 Å². The first-order valence-corrected chi connectivity index (χ1v) is 14.2. The normalized spacial score (nSPS) is 17.1. The third kappa shape index (κ3) is 7.97. The molecular formula is C32H35FN6O2. The van der Waals surface area contributed by atoms with Gasteiger partial charge in [0.1, 0.15) is 17.2 Å². The average Bonchev–Trinajstić information content (AvgIpc) is 3.00. The van der Waals surface area contributed by atoms with Crippen molar-refractivity contribution < 1.29 is 14.0 Å². The van der Waals surface area contributed by atoms with Crippen LogP contribution in [0, 0.1) is 17.1 Å². The van der Waals surface area contributed by atoms with E-state index in [9.17, 15) is 14.0 Å². The topological polar surface area (TPSA) is 101 Å². The number of pyridine rings is 1. The van der Waals surface area contributed by atoms with Crippen molar-refractivity contribution in [2.75, 3.05) is 26.2 Å². The van der Waals surface area contributed by atoms with Crippen molar-refractivity contribution in [2.24, 2.45) is 0 Å². The van der Waals surface area contributed by atoms with Gasteiger partial charge in [0.2, 0.25) is 0 Å². The van der Waals surface area contributed by atoms with Crippen molar-refractivity contribution in [1.82, 2.24) is 25.4 Å². The molecule has 2 N–H and O–H groups in total. The summed E-state index contributed by atoms with van der Waals surface area (Å²) >= 11 is 0. The molecule has 2 fully saturated rings. The molecule has 0 saturated carbocycles. The average molecular weight is 555 g/mol. The molecule has 2 saturated heterocycles. The van der Waals surface area contributed by atoms with Crippen molar-refractivity contribution in [1.29, 1.82) is 5.26 Å². The quantitative estimate of drug-likeness (QED) is 0.438. The number of hydrogen-bond donors (Lipinski definition) is 2. The molecule has 9 heteroatoms. The van der Waals surface area contributed by atoms with Crippen molar-refractivity contribution in [2.45, 2.75) is 50.9 Å². The lowest BCUT2D eigenvalue weighted by Crippen LogP contribution is -2.45. The van der Waals surface area contributed by atoms with Crippen molar-refractivity contribution >= 4 is 11.8 Å². The summed E-state index contributed by atoms with van der Waals surface area (Å²) in [6.45, 7) is 4.98. The van der Waals surface area contributed by atoms with Gasteiger partial charge in [-0.2, -0.15) is 5.26 Å². The van der Waals surface area contributed by atoms with Gasteiger partial charge in [0, 0.05) is 51.4 Å². The summed E-state index contributed by atoms with van der Waals surface area (Å²) in [6.07, 6.45) is 3.30. The Bertz CT molecular complexity index is 1370. The highest BCUT2D eigenvalue weighted by molar-refractivity contribution is 5.96. The van der Waals surface area contributed by atoms with Gasteiger partial charge in [-0.1, -0.05) is 30.3 Å². The Labute approximate surface area is 240 Å². The van der Waals surface area contributed by atoms with Gasteiger partial charge >= 0.3 is 0 Å². The molecule has 41 heavy (non-hydrogen) atoms. The number of piperidine rings is 2. The van der Waals surface area contributed by atoms with E-state index >= 15 is 0 Å². The molecule has 212 valence electrons. The number of carbonyl (C=O) groups is 2. The molecule has 0 atom stereocenters. The number of halogens is 1. The Morgan fingerprint density at radius 1 is 0.756 bits per heavy atom. The number of nitriles is 1. The van der Waals surface area contributed by atoms with E-state index in [1.165, 1.54) is 17.7 Å². The van der Waals surface area contributed by atoms with E-state index in [1.54, 1.807) is 30.3 Å². The molecule has 3 aromatic rings. The van der Waals surface area contributed by atoms with Crippen LogP contribution >= 0.6 is 0 Å². The minimum atomic E-state index is -0.271. The number of rotatable bonds is 8. The zero-order valence-corrected chi connectivity index (χ0v) is 23.1. The Hall–Kier alpha value is -4.13. The maximum atomic E-state index is 13.2. The third-order valence-electron chi connectivity index (χ3n) is 7.87. The largest absolute Gasteiger partial charge is 0.348 e. The van der Waals surface area contributed by atoms with E-state index in [2.05, 4.69) is 31.5 Å². The smallest absolute Gasteiger partial charge is 0.270 e.